The van der Waals surface area contributed by atoms with Gasteiger partial charge in [-0.25, -0.2) is 0 Å². The van der Waals surface area contributed by atoms with Crippen LogP contribution in [0.2, 0.25) is 0 Å². The van der Waals surface area contributed by atoms with Crippen LogP contribution in [-0.2, 0) is 4.79 Å². The van der Waals surface area contributed by atoms with Gasteiger partial charge in [0.25, 0.3) is 0 Å². The van der Waals surface area contributed by atoms with Gasteiger partial charge in [-0.3, -0.25) is 9.69 Å². The summed E-state index contributed by atoms with van der Waals surface area (Å²) in [6.45, 7) is 6.69. The highest BCUT2D eigenvalue weighted by Gasteiger charge is 2.13. The second-order valence-corrected chi connectivity index (χ2v) is 6.10. The first-order valence-corrected chi connectivity index (χ1v) is 8.46. The topological polar surface area (TPSA) is 41.6 Å². The minimum atomic E-state index is 0.0580. The van der Waals surface area contributed by atoms with Crippen LogP contribution in [0.3, 0.4) is 0 Å². The molecule has 4 heteroatoms. The maximum Gasteiger partial charge on any atom is 0.238 e. The van der Waals surface area contributed by atoms with Crippen LogP contribution in [0, 0.1) is 0 Å². The Balaban J connectivity index is 1.86. The van der Waals surface area contributed by atoms with Crippen molar-refractivity contribution in [2.45, 2.75) is 52.1 Å². The number of rotatable bonds is 6. The van der Waals surface area contributed by atoms with E-state index in [0.717, 1.165) is 30.9 Å². The Kier molecular flexibility index (Phi) is 6.72. The molecule has 1 amide bonds. The fourth-order valence-electron chi connectivity index (χ4n) is 2.66. The van der Waals surface area contributed by atoms with E-state index in [1.807, 2.05) is 31.2 Å². The van der Waals surface area contributed by atoms with E-state index in [1.54, 1.807) is 0 Å². The molecule has 1 N–H and O–H groups in total. The van der Waals surface area contributed by atoms with Gasteiger partial charge in [0, 0.05) is 11.8 Å². The zero-order valence-electron chi connectivity index (χ0n) is 13.8. The van der Waals surface area contributed by atoms with Crippen LogP contribution >= 0.6 is 0 Å². The van der Waals surface area contributed by atoms with E-state index in [4.69, 9.17) is 4.74 Å². The molecule has 4 nitrogen and oxygen atoms in total. The molecule has 1 saturated heterocycles. The number of nitrogens with zero attached hydrogens (tertiary/aromatic N) is 1. The maximum absolute atomic E-state index is 12.2. The number of amides is 1. The van der Waals surface area contributed by atoms with Crippen molar-refractivity contribution in [3.63, 3.8) is 0 Å². The summed E-state index contributed by atoms with van der Waals surface area (Å²) in [4.78, 5) is 14.4. The number of likely N-dealkylation sites (tertiary alicyclic amines) is 1. The first-order valence-electron chi connectivity index (χ1n) is 8.46. The lowest BCUT2D eigenvalue weighted by atomic mass is 10.2. The van der Waals surface area contributed by atoms with E-state index < -0.39 is 0 Å². The van der Waals surface area contributed by atoms with Gasteiger partial charge in [-0.1, -0.05) is 25.8 Å². The van der Waals surface area contributed by atoms with E-state index in [2.05, 4.69) is 17.1 Å². The van der Waals surface area contributed by atoms with Crippen molar-refractivity contribution in [1.29, 1.82) is 0 Å². The van der Waals surface area contributed by atoms with Crippen molar-refractivity contribution in [2.24, 2.45) is 0 Å². The van der Waals surface area contributed by atoms with E-state index >= 15 is 0 Å². The number of carbonyl (C=O) groups excluding carboxylic acids is 1. The molecule has 0 bridgehead atoms. The molecule has 1 aromatic carbocycles. The van der Waals surface area contributed by atoms with Crippen molar-refractivity contribution in [2.75, 3.05) is 25.0 Å². The van der Waals surface area contributed by atoms with Crippen molar-refractivity contribution < 1.29 is 9.53 Å². The second kappa shape index (κ2) is 8.79. The zero-order chi connectivity index (χ0) is 15.8. The van der Waals surface area contributed by atoms with Crippen LogP contribution in [0.1, 0.15) is 46.0 Å². The smallest absolute Gasteiger partial charge is 0.238 e. The van der Waals surface area contributed by atoms with Gasteiger partial charge >= 0.3 is 0 Å². The van der Waals surface area contributed by atoms with Gasteiger partial charge < -0.3 is 10.1 Å². The lowest BCUT2D eigenvalue weighted by Crippen LogP contribution is -2.33. The second-order valence-electron chi connectivity index (χ2n) is 6.10. The normalized spacial score (nSPS) is 17.5. The Morgan fingerprint density at radius 3 is 2.68 bits per heavy atom. The Morgan fingerprint density at radius 1 is 1.27 bits per heavy atom. The van der Waals surface area contributed by atoms with E-state index in [-0.39, 0.29) is 12.0 Å². The summed E-state index contributed by atoms with van der Waals surface area (Å²) < 4.78 is 5.79. The van der Waals surface area contributed by atoms with Crippen LogP contribution in [0.4, 0.5) is 5.69 Å². The fourth-order valence-corrected chi connectivity index (χ4v) is 2.66. The van der Waals surface area contributed by atoms with Crippen LogP contribution < -0.4 is 10.1 Å². The zero-order valence-corrected chi connectivity index (χ0v) is 13.8. The average molecular weight is 304 g/mol. The first-order chi connectivity index (χ1) is 10.7. The number of benzene rings is 1. The lowest BCUT2D eigenvalue weighted by Gasteiger charge is -2.19. The predicted octanol–water partition coefficient (Wildman–Crippen LogP) is 3.68. The van der Waals surface area contributed by atoms with Gasteiger partial charge in [0.05, 0.1) is 12.6 Å². The molecule has 122 valence electrons. The molecule has 1 fully saturated rings. The molecule has 1 aromatic rings. The van der Waals surface area contributed by atoms with Crippen LogP contribution in [0.5, 0.6) is 5.75 Å². The van der Waals surface area contributed by atoms with Gasteiger partial charge in [0.15, 0.2) is 0 Å². The Hall–Kier alpha value is -1.55. The highest BCUT2D eigenvalue weighted by molar-refractivity contribution is 5.92. The van der Waals surface area contributed by atoms with Gasteiger partial charge in [-0.15, -0.1) is 0 Å². The molecule has 0 aliphatic carbocycles. The van der Waals surface area contributed by atoms with E-state index in [0.29, 0.717) is 6.54 Å². The number of carbonyl (C=O) groups is 1. The fraction of sp³-hybridized carbons (Fsp3) is 0.611. The molecule has 0 saturated carbocycles. The molecule has 0 spiro atoms. The van der Waals surface area contributed by atoms with Crippen molar-refractivity contribution in [3.05, 3.63) is 24.3 Å². The molecule has 1 aliphatic heterocycles. The quantitative estimate of drug-likeness (QED) is 0.871. The van der Waals surface area contributed by atoms with Gasteiger partial charge in [0.2, 0.25) is 5.91 Å². The highest BCUT2D eigenvalue weighted by atomic mass is 16.5. The van der Waals surface area contributed by atoms with Gasteiger partial charge in [0.1, 0.15) is 5.75 Å². The van der Waals surface area contributed by atoms with Crippen molar-refractivity contribution in [1.82, 2.24) is 4.90 Å². The van der Waals surface area contributed by atoms with Crippen molar-refractivity contribution >= 4 is 11.6 Å². The summed E-state index contributed by atoms with van der Waals surface area (Å²) in [5, 5.41) is 2.98. The summed E-state index contributed by atoms with van der Waals surface area (Å²) in [6, 6.07) is 7.65. The monoisotopic (exact) mass is 304 g/mol. The standard InChI is InChI=1S/C18H28N2O2/c1-3-15(2)22-17-10-8-9-16(13-17)19-18(21)14-20-11-6-4-5-7-12-20/h8-10,13,15H,3-7,11-12,14H2,1-2H3,(H,19,21). The third kappa shape index (κ3) is 5.68. The molecule has 0 aromatic heterocycles. The molecule has 0 radical (unpaired) electrons. The molecule has 2 rings (SSSR count). The number of nitrogens with one attached hydrogen (secondary N) is 1. The van der Waals surface area contributed by atoms with Gasteiger partial charge in [-0.05, 0) is 51.4 Å². The third-order valence-corrected chi connectivity index (χ3v) is 4.10. The summed E-state index contributed by atoms with van der Waals surface area (Å²) in [7, 11) is 0. The van der Waals surface area contributed by atoms with E-state index in [9.17, 15) is 4.79 Å². The third-order valence-electron chi connectivity index (χ3n) is 4.10. The van der Waals surface area contributed by atoms with Crippen molar-refractivity contribution in [3.8, 4) is 5.75 Å². The molecular formula is C18H28N2O2. The summed E-state index contributed by atoms with van der Waals surface area (Å²) >= 11 is 0. The summed E-state index contributed by atoms with van der Waals surface area (Å²) in [5.41, 5.74) is 0.806. The highest BCUT2D eigenvalue weighted by Crippen LogP contribution is 2.19. The predicted molar refractivity (Wildman–Crippen MR) is 90.4 cm³/mol. The number of ether oxygens (including phenoxy) is 1. The molecule has 1 aliphatic rings. The number of hydrogen-bond acceptors (Lipinski definition) is 3. The van der Waals surface area contributed by atoms with Crippen LogP contribution in [0.15, 0.2) is 24.3 Å². The van der Waals surface area contributed by atoms with Gasteiger partial charge in [-0.2, -0.15) is 0 Å². The molecule has 1 unspecified atom stereocenters. The Bertz CT molecular complexity index is 468. The maximum atomic E-state index is 12.2. The summed E-state index contributed by atoms with van der Waals surface area (Å²) in [6.07, 6.45) is 6.12. The Morgan fingerprint density at radius 2 is 2.00 bits per heavy atom. The summed E-state index contributed by atoms with van der Waals surface area (Å²) in [5.74, 6) is 0.865. The first kappa shape index (κ1) is 16.8. The Labute approximate surface area is 133 Å². The molecular weight excluding hydrogens is 276 g/mol. The molecule has 1 heterocycles. The molecule has 22 heavy (non-hydrogen) atoms. The molecule has 1 atom stereocenters. The minimum Gasteiger partial charge on any atom is -0.491 e. The largest absolute Gasteiger partial charge is 0.491 e. The van der Waals surface area contributed by atoms with Crippen LogP contribution in [-0.4, -0.2) is 36.5 Å². The number of hydrogen-bond donors (Lipinski definition) is 1. The average Bonchev–Trinajstić information content (AvgIpc) is 2.76. The lowest BCUT2D eigenvalue weighted by molar-refractivity contribution is -0.117. The SMILES string of the molecule is CCC(C)Oc1cccc(NC(=O)CN2CCCCCC2)c1. The van der Waals surface area contributed by atoms with Crippen LogP contribution in [0.25, 0.3) is 0 Å². The van der Waals surface area contributed by atoms with E-state index in [1.165, 1.54) is 25.7 Å². The minimum absolute atomic E-state index is 0.0580. The number of anilines is 1.